The van der Waals surface area contributed by atoms with Crippen molar-refractivity contribution < 1.29 is 4.52 Å². The van der Waals surface area contributed by atoms with Crippen LogP contribution >= 0.6 is 0 Å². The average molecular weight is 208 g/mol. The molecule has 0 saturated carbocycles. The van der Waals surface area contributed by atoms with Gasteiger partial charge in [-0.3, -0.25) is 0 Å². The summed E-state index contributed by atoms with van der Waals surface area (Å²) in [5, 5.41) is 7.49. The van der Waals surface area contributed by atoms with Crippen LogP contribution < -0.4 is 5.32 Å². The van der Waals surface area contributed by atoms with Crippen LogP contribution in [0.2, 0.25) is 0 Å². The lowest BCUT2D eigenvalue weighted by Crippen LogP contribution is -2.20. The Morgan fingerprint density at radius 2 is 2.20 bits per heavy atom. The molecule has 1 aliphatic carbocycles. The van der Waals surface area contributed by atoms with E-state index in [2.05, 4.69) is 31.2 Å². The Balaban J connectivity index is 2.36. The summed E-state index contributed by atoms with van der Waals surface area (Å²) in [6.07, 6.45) is 2.24. The third-order valence-electron chi connectivity index (χ3n) is 3.09. The highest BCUT2D eigenvalue weighted by atomic mass is 16.5. The Morgan fingerprint density at radius 1 is 1.47 bits per heavy atom. The van der Waals surface area contributed by atoms with Crippen LogP contribution in [-0.4, -0.2) is 18.7 Å². The first-order chi connectivity index (χ1) is 7.04. The first-order valence-electron chi connectivity index (χ1n) is 5.67. The van der Waals surface area contributed by atoms with Crippen molar-refractivity contribution in [2.24, 2.45) is 0 Å². The number of likely N-dealkylation sites (N-methyl/N-ethyl adjacent to an activating group) is 1. The van der Waals surface area contributed by atoms with E-state index >= 15 is 0 Å². The van der Waals surface area contributed by atoms with E-state index in [-0.39, 0.29) is 5.41 Å². The zero-order valence-corrected chi connectivity index (χ0v) is 10.1. The van der Waals surface area contributed by atoms with Gasteiger partial charge in [0.2, 0.25) is 0 Å². The Bertz CT molecular complexity index is 349. The molecule has 1 aliphatic rings. The van der Waals surface area contributed by atoms with Crippen molar-refractivity contribution in [3.63, 3.8) is 0 Å². The molecule has 1 heterocycles. The fourth-order valence-electron chi connectivity index (χ4n) is 2.37. The van der Waals surface area contributed by atoms with Gasteiger partial charge in [-0.2, -0.15) is 0 Å². The third-order valence-corrected chi connectivity index (χ3v) is 3.09. The molecule has 0 aromatic carbocycles. The number of hydrogen-bond acceptors (Lipinski definition) is 3. The number of nitrogens with zero attached hydrogens (tertiary/aromatic N) is 1. The predicted octanol–water partition coefficient (Wildman–Crippen LogP) is 2.22. The molecule has 15 heavy (non-hydrogen) atoms. The van der Waals surface area contributed by atoms with Crippen molar-refractivity contribution in [3.05, 3.63) is 17.0 Å². The molecule has 0 amide bonds. The molecule has 0 spiro atoms. The molecule has 84 valence electrons. The summed E-state index contributed by atoms with van der Waals surface area (Å²) in [6, 6.07) is 0. The number of rotatable bonds is 2. The van der Waals surface area contributed by atoms with E-state index in [0.29, 0.717) is 5.92 Å². The molecule has 1 unspecified atom stereocenters. The number of nitrogens with one attached hydrogen (secondary N) is 1. The standard InChI is InChI=1S/C12H20N2O/c1-12(2,3)11-10-8(7-13-4)5-6-9(10)15-14-11/h8,13H,5-7H2,1-4H3. The molecule has 0 bridgehead atoms. The summed E-state index contributed by atoms with van der Waals surface area (Å²) < 4.78 is 5.43. The van der Waals surface area contributed by atoms with Crippen LogP contribution in [0.4, 0.5) is 0 Å². The highest BCUT2D eigenvalue weighted by molar-refractivity contribution is 5.35. The average Bonchev–Trinajstić information content (AvgIpc) is 2.66. The zero-order chi connectivity index (χ0) is 11.1. The molecular weight excluding hydrogens is 188 g/mol. The van der Waals surface area contributed by atoms with Gasteiger partial charge in [0.05, 0.1) is 5.69 Å². The second-order valence-corrected chi connectivity index (χ2v) is 5.41. The van der Waals surface area contributed by atoms with Gasteiger partial charge in [-0.15, -0.1) is 0 Å². The Labute approximate surface area is 91.2 Å². The Kier molecular flexibility index (Phi) is 2.59. The van der Waals surface area contributed by atoms with Gasteiger partial charge in [0.1, 0.15) is 5.76 Å². The van der Waals surface area contributed by atoms with E-state index in [1.54, 1.807) is 0 Å². The van der Waals surface area contributed by atoms with Crippen molar-refractivity contribution in [1.29, 1.82) is 0 Å². The molecule has 1 aromatic rings. The highest BCUT2D eigenvalue weighted by Crippen LogP contribution is 2.39. The van der Waals surface area contributed by atoms with Crippen LogP contribution in [-0.2, 0) is 11.8 Å². The molecule has 3 heteroatoms. The quantitative estimate of drug-likeness (QED) is 0.810. The van der Waals surface area contributed by atoms with Gasteiger partial charge in [-0.25, -0.2) is 0 Å². The van der Waals surface area contributed by atoms with Crippen molar-refractivity contribution >= 4 is 0 Å². The molecule has 1 N–H and O–H groups in total. The smallest absolute Gasteiger partial charge is 0.140 e. The van der Waals surface area contributed by atoms with Gasteiger partial charge in [-0.05, 0) is 13.5 Å². The fraction of sp³-hybridized carbons (Fsp3) is 0.750. The summed E-state index contributed by atoms with van der Waals surface area (Å²) in [7, 11) is 2.00. The molecule has 1 aromatic heterocycles. The minimum Gasteiger partial charge on any atom is -0.361 e. The van der Waals surface area contributed by atoms with E-state index in [0.717, 1.165) is 24.4 Å². The van der Waals surface area contributed by atoms with E-state index in [1.807, 2.05) is 7.05 Å². The van der Waals surface area contributed by atoms with Crippen molar-refractivity contribution in [1.82, 2.24) is 10.5 Å². The van der Waals surface area contributed by atoms with Gasteiger partial charge in [0.25, 0.3) is 0 Å². The molecule has 0 saturated heterocycles. The SMILES string of the molecule is CNCC1CCc2onc(C(C)(C)C)c21. The van der Waals surface area contributed by atoms with Gasteiger partial charge >= 0.3 is 0 Å². The van der Waals surface area contributed by atoms with E-state index in [4.69, 9.17) is 4.52 Å². The minimum atomic E-state index is 0.0907. The van der Waals surface area contributed by atoms with E-state index < -0.39 is 0 Å². The van der Waals surface area contributed by atoms with Gasteiger partial charge in [-0.1, -0.05) is 25.9 Å². The second kappa shape index (κ2) is 3.63. The summed E-state index contributed by atoms with van der Waals surface area (Å²) in [5.41, 5.74) is 2.61. The molecule has 0 aliphatic heterocycles. The van der Waals surface area contributed by atoms with E-state index in [1.165, 1.54) is 12.0 Å². The van der Waals surface area contributed by atoms with Crippen LogP contribution in [0.15, 0.2) is 4.52 Å². The maximum absolute atomic E-state index is 5.43. The summed E-state index contributed by atoms with van der Waals surface area (Å²) in [6.45, 7) is 7.61. The minimum absolute atomic E-state index is 0.0907. The van der Waals surface area contributed by atoms with Crippen molar-refractivity contribution in [3.8, 4) is 0 Å². The van der Waals surface area contributed by atoms with Crippen LogP contribution in [0, 0.1) is 0 Å². The number of aryl methyl sites for hydroxylation is 1. The van der Waals surface area contributed by atoms with Crippen LogP contribution in [0.25, 0.3) is 0 Å². The summed E-state index contributed by atoms with van der Waals surface area (Å²) in [4.78, 5) is 0. The van der Waals surface area contributed by atoms with Gasteiger partial charge in [0.15, 0.2) is 0 Å². The number of aromatic nitrogens is 1. The first kappa shape index (κ1) is 10.7. The second-order valence-electron chi connectivity index (χ2n) is 5.41. The normalized spacial score (nSPS) is 20.7. The molecule has 0 radical (unpaired) electrons. The molecule has 1 atom stereocenters. The zero-order valence-electron chi connectivity index (χ0n) is 10.1. The fourth-order valence-corrected chi connectivity index (χ4v) is 2.37. The van der Waals surface area contributed by atoms with Crippen molar-refractivity contribution in [2.75, 3.05) is 13.6 Å². The monoisotopic (exact) mass is 208 g/mol. The van der Waals surface area contributed by atoms with Crippen LogP contribution in [0.3, 0.4) is 0 Å². The molecule has 0 fully saturated rings. The Morgan fingerprint density at radius 3 is 2.80 bits per heavy atom. The first-order valence-corrected chi connectivity index (χ1v) is 5.67. The lowest BCUT2D eigenvalue weighted by atomic mass is 9.86. The largest absolute Gasteiger partial charge is 0.361 e. The summed E-state index contributed by atoms with van der Waals surface area (Å²) >= 11 is 0. The summed E-state index contributed by atoms with van der Waals surface area (Å²) in [5.74, 6) is 1.70. The maximum atomic E-state index is 5.43. The lowest BCUT2D eigenvalue weighted by Gasteiger charge is -2.19. The molecular formula is C12H20N2O. The predicted molar refractivity (Wildman–Crippen MR) is 60.2 cm³/mol. The van der Waals surface area contributed by atoms with Gasteiger partial charge < -0.3 is 9.84 Å². The molecule has 3 nitrogen and oxygen atoms in total. The highest BCUT2D eigenvalue weighted by Gasteiger charge is 2.34. The maximum Gasteiger partial charge on any atom is 0.140 e. The Hall–Kier alpha value is -0.830. The third kappa shape index (κ3) is 1.81. The van der Waals surface area contributed by atoms with Crippen LogP contribution in [0.5, 0.6) is 0 Å². The van der Waals surface area contributed by atoms with Crippen LogP contribution in [0.1, 0.15) is 50.1 Å². The number of fused-ring (bicyclic) bond motifs is 1. The van der Waals surface area contributed by atoms with Gasteiger partial charge in [0, 0.05) is 29.9 Å². The lowest BCUT2D eigenvalue weighted by molar-refractivity contribution is 0.363. The van der Waals surface area contributed by atoms with E-state index in [9.17, 15) is 0 Å². The topological polar surface area (TPSA) is 38.1 Å². The number of hydrogen-bond donors (Lipinski definition) is 1. The van der Waals surface area contributed by atoms with Crippen molar-refractivity contribution in [2.45, 2.75) is 44.9 Å². The molecule has 2 rings (SSSR count).